The van der Waals surface area contributed by atoms with Crippen molar-refractivity contribution in [3.05, 3.63) is 93.9 Å². The molecule has 2 aromatic heterocycles. The van der Waals surface area contributed by atoms with Crippen molar-refractivity contribution in [2.75, 3.05) is 0 Å². The van der Waals surface area contributed by atoms with E-state index < -0.39 is 36.2 Å². The molecule has 10 heteroatoms. The lowest BCUT2D eigenvalue weighted by molar-refractivity contribution is -0.143. The van der Waals surface area contributed by atoms with Crippen LogP contribution in [0.4, 0.5) is 0 Å². The van der Waals surface area contributed by atoms with E-state index in [1.165, 1.54) is 16.9 Å². The Morgan fingerprint density at radius 2 is 1.38 bits per heavy atom. The van der Waals surface area contributed by atoms with Crippen LogP contribution in [0.1, 0.15) is 86.5 Å². The van der Waals surface area contributed by atoms with E-state index in [1.807, 2.05) is 30.3 Å². The highest BCUT2D eigenvalue weighted by molar-refractivity contribution is 7.14. The molecule has 1 amide bonds. The van der Waals surface area contributed by atoms with E-state index in [0.717, 1.165) is 27.1 Å². The number of rotatable bonds is 13. The Bertz CT molecular complexity index is 1750. The van der Waals surface area contributed by atoms with Gasteiger partial charge in [-0.3, -0.25) is 14.4 Å². The number of nitrogens with one attached hydrogen (secondary N) is 1. The first-order valence-electron chi connectivity index (χ1n) is 15.9. The lowest BCUT2D eigenvalue weighted by atomic mass is 9.86. The van der Waals surface area contributed by atoms with Gasteiger partial charge in [-0.05, 0) is 52.5 Å². The van der Waals surface area contributed by atoms with Gasteiger partial charge >= 0.3 is 11.9 Å². The van der Waals surface area contributed by atoms with Crippen molar-refractivity contribution in [3.8, 4) is 22.5 Å². The van der Waals surface area contributed by atoms with Crippen LogP contribution in [0.2, 0.25) is 0 Å². The normalized spacial score (nSPS) is 13.0. The average Bonchev–Trinajstić information content (AvgIpc) is 3.54. The quantitative estimate of drug-likeness (QED) is 0.125. The largest absolute Gasteiger partial charge is 0.481 e. The summed E-state index contributed by atoms with van der Waals surface area (Å²) in [6.45, 7) is 12.7. The molecule has 48 heavy (non-hydrogen) atoms. The number of Topliss-reactive ketones (excluding diaryl/α,β-unsaturated/α-hetero) is 1. The van der Waals surface area contributed by atoms with E-state index in [-0.39, 0.29) is 35.9 Å². The van der Waals surface area contributed by atoms with Gasteiger partial charge in [-0.2, -0.15) is 0 Å². The van der Waals surface area contributed by atoms with Crippen molar-refractivity contribution in [2.24, 2.45) is 5.92 Å². The summed E-state index contributed by atoms with van der Waals surface area (Å²) in [5, 5.41) is 21.1. The zero-order valence-corrected chi connectivity index (χ0v) is 29.1. The highest BCUT2D eigenvalue weighted by Gasteiger charge is 2.29. The van der Waals surface area contributed by atoms with Gasteiger partial charge in [-0.15, -0.1) is 11.3 Å². The van der Waals surface area contributed by atoms with E-state index in [1.54, 1.807) is 18.5 Å². The minimum atomic E-state index is -1.39. The predicted molar refractivity (Wildman–Crippen MR) is 187 cm³/mol. The number of carbonyl (C=O) groups is 4. The van der Waals surface area contributed by atoms with Crippen LogP contribution in [0, 0.1) is 5.92 Å². The molecule has 4 rings (SSSR count). The smallest absolute Gasteiger partial charge is 0.326 e. The average molecular weight is 670 g/mol. The van der Waals surface area contributed by atoms with Gasteiger partial charge in [0.15, 0.2) is 11.6 Å². The molecule has 2 heterocycles. The zero-order chi connectivity index (χ0) is 35.2. The topological polar surface area (TPSA) is 147 Å². The Kier molecular flexibility index (Phi) is 11.3. The fourth-order valence-electron chi connectivity index (χ4n) is 5.15. The number of benzene rings is 2. The van der Waals surface area contributed by atoms with Gasteiger partial charge in [-0.25, -0.2) is 14.8 Å². The maximum Gasteiger partial charge on any atom is 0.326 e. The number of thiophene rings is 1. The minimum Gasteiger partial charge on any atom is -0.481 e. The van der Waals surface area contributed by atoms with E-state index in [0.29, 0.717) is 10.7 Å². The molecule has 0 aliphatic rings. The van der Waals surface area contributed by atoms with E-state index in [2.05, 4.69) is 81.1 Å². The molecule has 0 saturated carbocycles. The molecule has 9 nitrogen and oxygen atoms in total. The van der Waals surface area contributed by atoms with Gasteiger partial charge in [0.25, 0.3) is 0 Å². The Morgan fingerprint density at radius 3 is 1.90 bits per heavy atom. The van der Waals surface area contributed by atoms with Crippen LogP contribution in [0.25, 0.3) is 22.5 Å². The molecule has 0 spiro atoms. The molecule has 0 aliphatic carbocycles. The van der Waals surface area contributed by atoms with Gasteiger partial charge < -0.3 is 15.5 Å². The van der Waals surface area contributed by atoms with E-state index in [9.17, 15) is 24.3 Å². The fraction of sp³-hybridized carbons (Fsp3) is 0.368. The third kappa shape index (κ3) is 9.67. The third-order valence-electron chi connectivity index (χ3n) is 8.11. The predicted octanol–water partition coefficient (Wildman–Crippen LogP) is 7.33. The maximum absolute atomic E-state index is 13.5. The van der Waals surface area contributed by atoms with Gasteiger partial charge in [0, 0.05) is 47.2 Å². The van der Waals surface area contributed by atoms with Crippen molar-refractivity contribution in [1.29, 1.82) is 0 Å². The monoisotopic (exact) mass is 669 g/mol. The number of amides is 1. The molecule has 0 unspecified atom stereocenters. The molecule has 2 aromatic carbocycles. The lowest BCUT2D eigenvalue weighted by Gasteiger charge is -2.20. The summed E-state index contributed by atoms with van der Waals surface area (Å²) in [5.41, 5.74) is 4.64. The van der Waals surface area contributed by atoms with Gasteiger partial charge in [0.05, 0.1) is 4.88 Å². The number of aromatic nitrogens is 2. The molecule has 2 atom stereocenters. The van der Waals surface area contributed by atoms with Gasteiger partial charge in [-0.1, -0.05) is 90.1 Å². The summed E-state index contributed by atoms with van der Waals surface area (Å²) in [6.07, 6.45) is 2.92. The van der Waals surface area contributed by atoms with Crippen molar-refractivity contribution in [2.45, 2.75) is 84.1 Å². The molecule has 0 fully saturated rings. The molecular weight excluding hydrogens is 627 g/mol. The maximum atomic E-state index is 13.5. The first-order chi connectivity index (χ1) is 22.5. The van der Waals surface area contributed by atoms with Gasteiger partial charge in [0.2, 0.25) is 5.91 Å². The summed E-state index contributed by atoms with van der Waals surface area (Å²) >= 11 is 1.38. The molecular formula is C38H43N3O6S. The second-order valence-electron chi connectivity index (χ2n) is 14.1. The SMILES string of the molecule is CC(C)(C)c1ccc(-c2cnc(-c3ccc(C[C@H](CC(=O)c4ccc(C(C)(C)C)s4)C(=O)N[C@H](CCC(=O)O)C(=O)O)cc3)nc2)cc1. The Morgan fingerprint density at radius 1 is 0.771 bits per heavy atom. The van der Waals surface area contributed by atoms with Crippen LogP contribution in [0.3, 0.4) is 0 Å². The number of carboxylic acid groups (broad SMARTS) is 2. The number of aliphatic carboxylic acids is 2. The van der Waals surface area contributed by atoms with E-state index in [4.69, 9.17) is 5.11 Å². The Labute approximate surface area is 285 Å². The number of nitrogens with zero attached hydrogens (tertiary/aromatic N) is 2. The number of hydrogen-bond acceptors (Lipinski definition) is 7. The molecule has 3 N–H and O–H groups in total. The number of carbonyl (C=O) groups excluding carboxylic acids is 2. The van der Waals surface area contributed by atoms with Crippen molar-refractivity contribution in [3.63, 3.8) is 0 Å². The minimum absolute atomic E-state index is 0.0630. The van der Waals surface area contributed by atoms with Crippen LogP contribution < -0.4 is 5.32 Å². The third-order valence-corrected chi connectivity index (χ3v) is 9.67. The Hall–Kier alpha value is -4.70. The summed E-state index contributed by atoms with van der Waals surface area (Å²) in [6, 6.07) is 18.0. The molecule has 252 valence electrons. The molecule has 0 aliphatic heterocycles. The lowest BCUT2D eigenvalue weighted by Crippen LogP contribution is -2.44. The van der Waals surface area contributed by atoms with E-state index >= 15 is 0 Å². The first kappa shape index (κ1) is 36.1. The summed E-state index contributed by atoms with van der Waals surface area (Å²) in [7, 11) is 0. The second-order valence-corrected chi connectivity index (χ2v) is 15.2. The standard InChI is InChI=1S/C38H43N3O6S/c1-37(2,3)28-13-11-24(12-14-28)27-21-39-34(40-22-27)25-9-7-23(8-10-25)19-26(35(45)41-29(36(46)47)15-18-33(43)44)20-30(42)31-16-17-32(48-31)38(4,5)6/h7-14,16-17,21-22,26,29H,15,18-20H2,1-6H3,(H,41,45)(H,43,44)(H,46,47)/t26-,29-/m1/s1. The van der Waals surface area contributed by atoms with Crippen LogP contribution in [-0.4, -0.2) is 49.9 Å². The van der Waals surface area contributed by atoms with Crippen molar-refractivity contribution in [1.82, 2.24) is 15.3 Å². The van der Waals surface area contributed by atoms with Crippen LogP contribution in [0.5, 0.6) is 0 Å². The highest BCUT2D eigenvalue weighted by atomic mass is 32.1. The fourth-order valence-corrected chi connectivity index (χ4v) is 6.16. The highest BCUT2D eigenvalue weighted by Crippen LogP contribution is 2.31. The van der Waals surface area contributed by atoms with Crippen molar-refractivity contribution >= 4 is 35.0 Å². The zero-order valence-electron chi connectivity index (χ0n) is 28.2. The van der Waals surface area contributed by atoms with Crippen LogP contribution in [0.15, 0.2) is 73.1 Å². The summed E-state index contributed by atoms with van der Waals surface area (Å²) < 4.78 is 0. The molecule has 0 bridgehead atoms. The van der Waals surface area contributed by atoms with Crippen LogP contribution >= 0.6 is 11.3 Å². The molecule has 4 aromatic rings. The summed E-state index contributed by atoms with van der Waals surface area (Å²) in [5.74, 6) is -3.67. The number of hydrogen-bond donors (Lipinski definition) is 3. The number of ketones is 1. The van der Waals surface area contributed by atoms with Gasteiger partial charge in [0.1, 0.15) is 6.04 Å². The second kappa shape index (κ2) is 15.0. The van der Waals surface area contributed by atoms with Crippen LogP contribution in [-0.2, 0) is 31.6 Å². The first-order valence-corrected chi connectivity index (χ1v) is 16.7. The number of carboxylic acids is 2. The Balaban J connectivity index is 1.51. The summed E-state index contributed by atoms with van der Waals surface area (Å²) in [4.78, 5) is 60.4. The molecule has 0 radical (unpaired) electrons. The molecule has 0 saturated heterocycles. The van der Waals surface area contributed by atoms with Crippen molar-refractivity contribution < 1.29 is 29.4 Å².